The summed E-state index contributed by atoms with van der Waals surface area (Å²) in [6.45, 7) is -0.124. The van der Waals surface area contributed by atoms with Crippen LogP contribution in [0, 0.1) is 0 Å². The van der Waals surface area contributed by atoms with Gasteiger partial charge in [-0.3, -0.25) is 0 Å². The van der Waals surface area contributed by atoms with E-state index < -0.39 is 21.8 Å². The van der Waals surface area contributed by atoms with Crippen LogP contribution in [0.5, 0.6) is 0 Å². The van der Waals surface area contributed by atoms with Gasteiger partial charge in [-0.2, -0.15) is 0 Å². The van der Waals surface area contributed by atoms with Gasteiger partial charge in [0.15, 0.2) is 0 Å². The van der Waals surface area contributed by atoms with Crippen LogP contribution in [-0.2, 0) is 14.9 Å². The molecule has 0 aliphatic heterocycles. The molecule has 0 spiro atoms. The number of hydrogen-bond donors (Lipinski definition) is 0. The third kappa shape index (κ3) is 4.61. The Labute approximate surface area is 86.6 Å². The maximum absolute atomic E-state index is 11.1. The number of ether oxygens (including phenoxy) is 1. The van der Waals surface area contributed by atoms with Crippen LogP contribution in [0.25, 0.3) is 0 Å². The number of furan rings is 1. The maximum Gasteiger partial charge on any atom is 0.374 e. The SMILES string of the molecule is O=C(OCCCS(=O)(=O)[O-])c1ccco1. The van der Waals surface area contributed by atoms with E-state index in [1.54, 1.807) is 0 Å². The van der Waals surface area contributed by atoms with Crippen molar-refractivity contribution < 1.29 is 26.9 Å². The molecule has 0 amide bonds. The van der Waals surface area contributed by atoms with Crippen molar-refractivity contribution in [2.45, 2.75) is 6.42 Å². The van der Waals surface area contributed by atoms with E-state index in [0.717, 1.165) is 0 Å². The number of carbonyl (C=O) groups excluding carboxylic acids is 1. The molecule has 6 nitrogen and oxygen atoms in total. The molecule has 0 unspecified atom stereocenters. The van der Waals surface area contributed by atoms with E-state index in [-0.39, 0.29) is 18.8 Å². The summed E-state index contributed by atoms with van der Waals surface area (Å²) in [5, 5.41) is 0. The molecule has 0 saturated heterocycles. The molecule has 0 radical (unpaired) electrons. The fourth-order valence-corrected chi connectivity index (χ4v) is 1.34. The number of esters is 1. The lowest BCUT2D eigenvalue weighted by molar-refractivity contribution is 0.0469. The molecule has 0 atom stereocenters. The molecular weight excluding hydrogens is 224 g/mol. The predicted molar refractivity (Wildman–Crippen MR) is 48.2 cm³/mol. The Hall–Kier alpha value is -1.34. The molecular formula is C8H9O6S-. The first-order valence-electron chi connectivity index (χ1n) is 4.13. The van der Waals surface area contributed by atoms with Crippen molar-refractivity contribution in [3.8, 4) is 0 Å². The molecule has 0 aliphatic rings. The average Bonchev–Trinajstić information content (AvgIpc) is 2.63. The van der Waals surface area contributed by atoms with Crippen molar-refractivity contribution in [2.24, 2.45) is 0 Å². The van der Waals surface area contributed by atoms with E-state index >= 15 is 0 Å². The van der Waals surface area contributed by atoms with Crippen molar-refractivity contribution in [1.82, 2.24) is 0 Å². The third-order valence-corrected chi connectivity index (χ3v) is 2.28. The Morgan fingerprint density at radius 2 is 2.27 bits per heavy atom. The lowest BCUT2D eigenvalue weighted by Gasteiger charge is -2.06. The second kappa shape index (κ2) is 4.94. The van der Waals surface area contributed by atoms with Gasteiger partial charge in [0, 0.05) is 5.75 Å². The minimum absolute atomic E-state index is 0.0156. The summed E-state index contributed by atoms with van der Waals surface area (Å²) in [7, 11) is -4.24. The smallest absolute Gasteiger partial charge is 0.374 e. The van der Waals surface area contributed by atoms with E-state index in [4.69, 9.17) is 4.42 Å². The van der Waals surface area contributed by atoms with Gasteiger partial charge in [-0.15, -0.1) is 0 Å². The Balaban J connectivity index is 2.24. The quantitative estimate of drug-likeness (QED) is 0.414. The summed E-state index contributed by atoms with van der Waals surface area (Å²) in [6.07, 6.45) is 1.30. The molecule has 1 rings (SSSR count). The largest absolute Gasteiger partial charge is 0.748 e. The Morgan fingerprint density at radius 3 is 2.80 bits per heavy atom. The second-order valence-corrected chi connectivity index (χ2v) is 4.25. The summed E-state index contributed by atoms with van der Waals surface area (Å²) >= 11 is 0. The highest BCUT2D eigenvalue weighted by Gasteiger charge is 2.09. The first kappa shape index (κ1) is 11.7. The zero-order valence-corrected chi connectivity index (χ0v) is 8.53. The van der Waals surface area contributed by atoms with E-state index in [1.807, 2.05) is 0 Å². The van der Waals surface area contributed by atoms with Gasteiger partial charge in [0.1, 0.15) is 0 Å². The van der Waals surface area contributed by atoms with Gasteiger partial charge in [-0.25, -0.2) is 13.2 Å². The Bertz CT molecular complexity index is 404. The van der Waals surface area contributed by atoms with Gasteiger partial charge in [0.25, 0.3) is 0 Å². The molecule has 84 valence electrons. The number of rotatable bonds is 5. The van der Waals surface area contributed by atoms with Crippen molar-refractivity contribution in [3.05, 3.63) is 24.2 Å². The van der Waals surface area contributed by atoms with Crippen molar-refractivity contribution in [1.29, 1.82) is 0 Å². The van der Waals surface area contributed by atoms with Crippen molar-refractivity contribution in [3.63, 3.8) is 0 Å². The zero-order chi connectivity index (χ0) is 11.3. The Kier molecular flexibility index (Phi) is 3.87. The lowest BCUT2D eigenvalue weighted by atomic mass is 10.4. The fourth-order valence-electron chi connectivity index (χ4n) is 0.866. The summed E-state index contributed by atoms with van der Waals surface area (Å²) in [6, 6.07) is 2.95. The van der Waals surface area contributed by atoms with Crippen LogP contribution in [0.3, 0.4) is 0 Å². The van der Waals surface area contributed by atoms with E-state index in [9.17, 15) is 17.8 Å². The third-order valence-electron chi connectivity index (χ3n) is 1.49. The summed E-state index contributed by atoms with van der Waals surface area (Å²) < 4.78 is 40.0. The standard InChI is InChI=1S/C8H10O6S/c9-8(7-3-1-4-13-7)14-5-2-6-15(10,11)12/h1,3-4H,2,5-6H2,(H,10,11,12)/p-1. The highest BCUT2D eigenvalue weighted by atomic mass is 32.2. The second-order valence-electron chi connectivity index (χ2n) is 2.73. The normalized spacial score (nSPS) is 11.3. The molecule has 0 aromatic carbocycles. The fraction of sp³-hybridized carbons (Fsp3) is 0.375. The van der Waals surface area contributed by atoms with Gasteiger partial charge in [0.2, 0.25) is 5.76 Å². The zero-order valence-electron chi connectivity index (χ0n) is 7.71. The average molecular weight is 233 g/mol. The van der Waals surface area contributed by atoms with Gasteiger partial charge in [-0.05, 0) is 18.6 Å². The van der Waals surface area contributed by atoms with E-state index in [1.165, 1.54) is 18.4 Å². The molecule has 0 bridgehead atoms. The number of hydrogen-bond acceptors (Lipinski definition) is 6. The minimum atomic E-state index is -4.24. The van der Waals surface area contributed by atoms with Crippen LogP contribution in [0.15, 0.2) is 22.8 Å². The van der Waals surface area contributed by atoms with Crippen LogP contribution >= 0.6 is 0 Å². The molecule has 15 heavy (non-hydrogen) atoms. The van der Waals surface area contributed by atoms with E-state index in [2.05, 4.69) is 4.74 Å². The molecule has 7 heteroatoms. The summed E-state index contributed by atoms with van der Waals surface area (Å²) in [5.74, 6) is -1.18. The van der Waals surface area contributed by atoms with Crippen LogP contribution in [0.1, 0.15) is 17.0 Å². The monoisotopic (exact) mass is 233 g/mol. The number of carbonyl (C=O) groups is 1. The molecule has 1 aromatic heterocycles. The maximum atomic E-state index is 11.1. The van der Waals surface area contributed by atoms with E-state index in [0.29, 0.717) is 0 Å². The predicted octanol–water partition coefficient (Wildman–Crippen LogP) is 0.372. The molecule has 0 N–H and O–H groups in total. The summed E-state index contributed by atoms with van der Waals surface area (Å²) in [4.78, 5) is 11.1. The van der Waals surface area contributed by atoms with Gasteiger partial charge in [-0.1, -0.05) is 0 Å². The summed E-state index contributed by atoms with van der Waals surface area (Å²) in [5.41, 5.74) is 0. The van der Waals surface area contributed by atoms with Crippen molar-refractivity contribution >= 4 is 16.1 Å². The minimum Gasteiger partial charge on any atom is -0.748 e. The van der Waals surface area contributed by atoms with Crippen LogP contribution in [-0.4, -0.2) is 31.3 Å². The highest BCUT2D eigenvalue weighted by Crippen LogP contribution is 2.02. The lowest BCUT2D eigenvalue weighted by Crippen LogP contribution is -2.10. The molecule has 0 aliphatic carbocycles. The molecule has 1 aromatic rings. The Morgan fingerprint density at radius 1 is 1.53 bits per heavy atom. The molecule has 0 saturated carbocycles. The van der Waals surface area contributed by atoms with Crippen LogP contribution in [0.4, 0.5) is 0 Å². The molecule has 1 heterocycles. The first-order chi connectivity index (χ1) is 6.99. The van der Waals surface area contributed by atoms with Crippen molar-refractivity contribution in [2.75, 3.05) is 12.4 Å². The van der Waals surface area contributed by atoms with Gasteiger partial charge >= 0.3 is 5.97 Å². The van der Waals surface area contributed by atoms with Gasteiger partial charge in [0.05, 0.1) is 23.0 Å². The first-order valence-corrected chi connectivity index (χ1v) is 5.71. The molecule has 0 fully saturated rings. The van der Waals surface area contributed by atoms with Crippen LogP contribution in [0.2, 0.25) is 0 Å². The highest BCUT2D eigenvalue weighted by molar-refractivity contribution is 7.85. The topological polar surface area (TPSA) is 96.6 Å². The van der Waals surface area contributed by atoms with Gasteiger partial charge < -0.3 is 13.7 Å². The van der Waals surface area contributed by atoms with Crippen LogP contribution < -0.4 is 0 Å².